The number of nitrogens with one attached hydrogen (secondary N) is 1. The number of hydrogen-bond acceptors (Lipinski definition) is 4. The highest BCUT2D eigenvalue weighted by Gasteiger charge is 2.27. The molecule has 0 aliphatic carbocycles. The van der Waals surface area contributed by atoms with E-state index in [4.69, 9.17) is 0 Å². The normalized spacial score (nSPS) is 15.7. The molecule has 0 radical (unpaired) electrons. The Morgan fingerprint density at radius 2 is 2.19 bits per heavy atom. The van der Waals surface area contributed by atoms with Gasteiger partial charge in [-0.15, -0.1) is 0 Å². The van der Waals surface area contributed by atoms with Crippen molar-refractivity contribution in [3.05, 3.63) is 30.6 Å². The summed E-state index contributed by atoms with van der Waals surface area (Å²) in [4.78, 5) is 25.1. The molecule has 0 saturated carbocycles. The van der Waals surface area contributed by atoms with Crippen molar-refractivity contribution in [1.82, 2.24) is 29.5 Å². The lowest BCUT2D eigenvalue weighted by molar-refractivity contribution is -0.120. The summed E-state index contributed by atoms with van der Waals surface area (Å²) in [5, 5.41) is 7.49. The van der Waals surface area contributed by atoms with Crippen LogP contribution in [-0.4, -0.2) is 62.8 Å². The van der Waals surface area contributed by atoms with Crippen molar-refractivity contribution in [1.29, 1.82) is 0 Å². The molecule has 2 aromatic heterocycles. The van der Waals surface area contributed by atoms with Crippen molar-refractivity contribution in [3.63, 3.8) is 0 Å². The molecule has 9 heteroatoms. The maximum Gasteiger partial charge on any atom is 0.246 e. The van der Waals surface area contributed by atoms with E-state index in [0.717, 1.165) is 18.1 Å². The van der Waals surface area contributed by atoms with Gasteiger partial charge < -0.3 is 19.7 Å². The molecule has 1 fully saturated rings. The van der Waals surface area contributed by atoms with E-state index in [2.05, 4.69) is 38.8 Å². The monoisotopic (exact) mass is 372 g/mol. The molecule has 0 atom stereocenters. The first kappa shape index (κ1) is 18.9. The predicted molar refractivity (Wildman–Crippen MR) is 104 cm³/mol. The van der Waals surface area contributed by atoms with Crippen LogP contribution in [0.25, 0.3) is 0 Å². The molecule has 2 aromatic rings. The van der Waals surface area contributed by atoms with E-state index >= 15 is 0 Å². The summed E-state index contributed by atoms with van der Waals surface area (Å²) in [6.45, 7) is 7.47. The third-order valence-electron chi connectivity index (χ3n) is 4.50. The van der Waals surface area contributed by atoms with Gasteiger partial charge in [-0.1, -0.05) is 13.8 Å². The van der Waals surface area contributed by atoms with Gasteiger partial charge in [0.05, 0.1) is 18.4 Å². The molecular formula is C18H28N8O. The number of guanidine groups is 1. The van der Waals surface area contributed by atoms with Gasteiger partial charge in [0.2, 0.25) is 5.91 Å². The maximum absolute atomic E-state index is 12.6. The minimum atomic E-state index is 0.0403. The molecule has 1 aliphatic rings. The zero-order valence-corrected chi connectivity index (χ0v) is 16.5. The number of anilines is 1. The van der Waals surface area contributed by atoms with Crippen LogP contribution in [0, 0.1) is 5.92 Å². The highest BCUT2D eigenvalue weighted by Crippen LogP contribution is 2.16. The molecule has 3 rings (SSSR count). The minimum Gasteiger partial charge on any atom is -0.349 e. The number of imidazole rings is 1. The van der Waals surface area contributed by atoms with Crippen molar-refractivity contribution in [2.45, 2.75) is 26.9 Å². The van der Waals surface area contributed by atoms with Crippen molar-refractivity contribution in [2.75, 3.05) is 31.6 Å². The Morgan fingerprint density at radius 3 is 2.81 bits per heavy atom. The third-order valence-corrected chi connectivity index (χ3v) is 4.50. The Kier molecular flexibility index (Phi) is 5.78. The number of aliphatic imine (C=N–C) groups is 1. The van der Waals surface area contributed by atoms with Crippen LogP contribution in [0.1, 0.15) is 19.7 Å². The topological polar surface area (TPSA) is 83.6 Å². The van der Waals surface area contributed by atoms with E-state index in [1.54, 1.807) is 22.8 Å². The number of hydrogen-bond donors (Lipinski definition) is 1. The van der Waals surface area contributed by atoms with Gasteiger partial charge in [0.1, 0.15) is 12.4 Å². The first-order valence-corrected chi connectivity index (χ1v) is 9.22. The highest BCUT2D eigenvalue weighted by molar-refractivity contribution is 5.98. The molecule has 9 nitrogen and oxygen atoms in total. The lowest BCUT2D eigenvalue weighted by atomic mass is 10.2. The molecule has 1 amide bonds. The van der Waals surface area contributed by atoms with Crippen molar-refractivity contribution >= 4 is 17.6 Å². The number of carbonyl (C=O) groups excluding carboxylic acids is 1. The van der Waals surface area contributed by atoms with Gasteiger partial charge in [-0.25, -0.2) is 4.98 Å². The van der Waals surface area contributed by atoms with Gasteiger partial charge >= 0.3 is 0 Å². The van der Waals surface area contributed by atoms with Crippen LogP contribution in [0.4, 0.5) is 5.69 Å². The van der Waals surface area contributed by atoms with E-state index in [-0.39, 0.29) is 12.5 Å². The quantitative estimate of drug-likeness (QED) is 0.617. The lowest BCUT2D eigenvalue weighted by Crippen LogP contribution is -2.55. The molecule has 1 saturated heterocycles. The van der Waals surface area contributed by atoms with Gasteiger partial charge in [0.25, 0.3) is 0 Å². The molecule has 3 heterocycles. The second-order valence-electron chi connectivity index (χ2n) is 7.13. The van der Waals surface area contributed by atoms with Crippen LogP contribution in [0.3, 0.4) is 0 Å². The van der Waals surface area contributed by atoms with Gasteiger partial charge in [0.15, 0.2) is 5.96 Å². The Labute approximate surface area is 159 Å². The lowest BCUT2D eigenvalue weighted by Gasteiger charge is -2.35. The Hall–Kier alpha value is -2.84. The van der Waals surface area contributed by atoms with E-state index in [9.17, 15) is 4.79 Å². The van der Waals surface area contributed by atoms with E-state index in [0.29, 0.717) is 31.5 Å². The Morgan fingerprint density at radius 1 is 1.37 bits per heavy atom. The zero-order valence-electron chi connectivity index (χ0n) is 16.5. The predicted octanol–water partition coefficient (Wildman–Crippen LogP) is 0.697. The molecule has 0 unspecified atom stereocenters. The number of piperazine rings is 1. The van der Waals surface area contributed by atoms with Gasteiger partial charge in [-0.2, -0.15) is 5.10 Å². The van der Waals surface area contributed by atoms with Crippen LogP contribution in [0.15, 0.2) is 29.8 Å². The molecule has 1 aliphatic heterocycles. The van der Waals surface area contributed by atoms with E-state index < -0.39 is 0 Å². The van der Waals surface area contributed by atoms with E-state index in [1.165, 1.54) is 0 Å². The summed E-state index contributed by atoms with van der Waals surface area (Å²) < 4.78 is 3.85. The Bertz CT molecular complexity index is 806. The minimum absolute atomic E-state index is 0.0403. The van der Waals surface area contributed by atoms with Crippen LogP contribution >= 0.6 is 0 Å². The zero-order chi connectivity index (χ0) is 19.4. The SMILES string of the molecule is CN=C(NCc1nccn1CC(C)C)N1CCN(c2cnn(C)c2)C(=O)C1. The molecule has 0 spiro atoms. The summed E-state index contributed by atoms with van der Waals surface area (Å²) in [6, 6.07) is 0. The van der Waals surface area contributed by atoms with E-state index in [1.807, 2.05) is 30.5 Å². The average Bonchev–Trinajstić information content (AvgIpc) is 3.24. The fraction of sp³-hybridized carbons (Fsp3) is 0.556. The van der Waals surface area contributed by atoms with Gasteiger partial charge in [-0.3, -0.25) is 14.5 Å². The van der Waals surface area contributed by atoms with Crippen LogP contribution in [0.5, 0.6) is 0 Å². The first-order valence-electron chi connectivity index (χ1n) is 9.22. The number of nitrogens with zero attached hydrogens (tertiary/aromatic N) is 7. The summed E-state index contributed by atoms with van der Waals surface area (Å²) in [7, 11) is 3.58. The molecule has 27 heavy (non-hydrogen) atoms. The van der Waals surface area contributed by atoms with Crippen LogP contribution in [0.2, 0.25) is 0 Å². The fourth-order valence-corrected chi connectivity index (χ4v) is 3.23. The van der Waals surface area contributed by atoms with Crippen molar-refractivity contribution in [3.8, 4) is 0 Å². The number of aryl methyl sites for hydroxylation is 1. The number of rotatable bonds is 5. The third kappa shape index (κ3) is 4.47. The smallest absolute Gasteiger partial charge is 0.246 e. The number of aromatic nitrogens is 4. The maximum atomic E-state index is 12.6. The second kappa shape index (κ2) is 8.24. The molecule has 1 N–H and O–H groups in total. The Balaban J connectivity index is 1.59. The second-order valence-corrected chi connectivity index (χ2v) is 7.13. The van der Waals surface area contributed by atoms with Gasteiger partial charge in [0, 0.05) is 52.3 Å². The largest absolute Gasteiger partial charge is 0.349 e. The standard InChI is InChI=1S/C18H28N8O/c1-14(2)11-24-6-5-20-16(24)10-21-18(19-3)25-7-8-26(17(27)13-25)15-9-22-23(4)12-15/h5-6,9,12,14H,7-8,10-11,13H2,1-4H3,(H,19,21). The summed E-state index contributed by atoms with van der Waals surface area (Å²) in [6.07, 6.45) is 7.39. The molecular weight excluding hydrogens is 344 g/mol. The average molecular weight is 372 g/mol. The van der Waals surface area contributed by atoms with Crippen LogP contribution in [-0.2, 0) is 24.9 Å². The highest BCUT2D eigenvalue weighted by atomic mass is 16.2. The first-order chi connectivity index (χ1) is 13.0. The summed E-state index contributed by atoms with van der Waals surface area (Å²) in [5.41, 5.74) is 0.834. The number of carbonyl (C=O) groups is 1. The fourth-order valence-electron chi connectivity index (χ4n) is 3.23. The summed E-state index contributed by atoms with van der Waals surface area (Å²) >= 11 is 0. The van der Waals surface area contributed by atoms with Crippen molar-refractivity contribution < 1.29 is 4.79 Å². The molecule has 146 valence electrons. The van der Waals surface area contributed by atoms with Gasteiger partial charge in [-0.05, 0) is 5.92 Å². The van der Waals surface area contributed by atoms with Crippen molar-refractivity contribution in [2.24, 2.45) is 18.0 Å². The summed E-state index contributed by atoms with van der Waals surface area (Å²) in [5.74, 6) is 2.27. The number of amides is 1. The van der Waals surface area contributed by atoms with Crippen LogP contribution < -0.4 is 10.2 Å². The molecule has 0 bridgehead atoms. The molecule has 0 aromatic carbocycles.